The molecule has 1 heterocycles. The number of hydrogen-bond acceptors (Lipinski definition) is 5. The first-order valence-corrected chi connectivity index (χ1v) is 11.3. The van der Waals surface area contributed by atoms with E-state index >= 15 is 0 Å². The Labute approximate surface area is 177 Å². The summed E-state index contributed by atoms with van der Waals surface area (Å²) in [5.41, 5.74) is 0.778. The molecule has 1 N–H and O–H groups in total. The summed E-state index contributed by atoms with van der Waals surface area (Å²) in [5, 5.41) is 4.63. The van der Waals surface area contributed by atoms with Gasteiger partial charge < -0.3 is 5.32 Å². The number of carbonyl (C=O) groups excluding carboxylic acids is 1. The van der Waals surface area contributed by atoms with Gasteiger partial charge >= 0.3 is 0 Å². The van der Waals surface area contributed by atoms with Crippen LogP contribution in [0, 0.1) is 11.6 Å². The number of anilines is 1. The Kier molecular flexibility index (Phi) is 6.91. The average molecular weight is 452 g/mol. The van der Waals surface area contributed by atoms with E-state index in [0.29, 0.717) is 16.4 Å². The zero-order valence-electron chi connectivity index (χ0n) is 16.0. The highest BCUT2D eigenvalue weighted by Gasteiger charge is 2.20. The van der Waals surface area contributed by atoms with E-state index < -0.39 is 21.7 Å². The number of aromatic nitrogens is 1. The summed E-state index contributed by atoms with van der Waals surface area (Å²) in [7, 11) is -2.35. The number of amides is 1. The molecule has 0 radical (unpaired) electrons. The van der Waals surface area contributed by atoms with E-state index in [1.807, 2.05) is 0 Å². The summed E-state index contributed by atoms with van der Waals surface area (Å²) in [4.78, 5) is 16.3. The standard InChI is InChI=1S/C20H19F2N3O3S2/c1-25(30(27,28)15-10-8-14(21)9-11-15)12-4-7-19(26)24-20-23-18(13-29-20)16-5-2-3-6-17(16)22/h2-3,5-6,8-11,13H,4,7,12H2,1H3,(H,23,24,26). The van der Waals surface area contributed by atoms with E-state index in [0.717, 1.165) is 16.4 Å². The maximum Gasteiger partial charge on any atom is 0.242 e. The highest BCUT2D eigenvalue weighted by Crippen LogP contribution is 2.27. The molecule has 2 aromatic carbocycles. The minimum atomic E-state index is -3.75. The lowest BCUT2D eigenvalue weighted by molar-refractivity contribution is -0.116. The van der Waals surface area contributed by atoms with E-state index in [-0.39, 0.29) is 30.2 Å². The maximum absolute atomic E-state index is 13.8. The minimum absolute atomic E-state index is 0.0145. The van der Waals surface area contributed by atoms with Crippen molar-refractivity contribution in [3.63, 3.8) is 0 Å². The van der Waals surface area contributed by atoms with Crippen molar-refractivity contribution >= 4 is 32.4 Å². The first-order valence-electron chi connectivity index (χ1n) is 8.99. The third-order valence-electron chi connectivity index (χ3n) is 4.30. The lowest BCUT2D eigenvalue weighted by atomic mass is 10.2. The van der Waals surface area contributed by atoms with Gasteiger partial charge in [-0.15, -0.1) is 11.3 Å². The van der Waals surface area contributed by atoms with E-state index in [1.165, 1.54) is 36.6 Å². The monoisotopic (exact) mass is 451 g/mol. The first kappa shape index (κ1) is 22.0. The van der Waals surface area contributed by atoms with Crippen LogP contribution < -0.4 is 5.32 Å². The molecule has 0 saturated heterocycles. The van der Waals surface area contributed by atoms with Crippen LogP contribution in [0.4, 0.5) is 13.9 Å². The second kappa shape index (κ2) is 9.41. The summed E-state index contributed by atoms with van der Waals surface area (Å²) < 4.78 is 52.8. The van der Waals surface area contributed by atoms with E-state index in [1.54, 1.807) is 23.6 Å². The molecule has 1 aromatic heterocycles. The molecule has 0 saturated carbocycles. The van der Waals surface area contributed by atoms with Crippen LogP contribution in [-0.2, 0) is 14.8 Å². The van der Waals surface area contributed by atoms with Crippen LogP contribution in [0.5, 0.6) is 0 Å². The zero-order valence-corrected chi connectivity index (χ0v) is 17.6. The Hall–Kier alpha value is -2.69. The van der Waals surface area contributed by atoms with E-state index in [9.17, 15) is 22.0 Å². The molecule has 10 heteroatoms. The van der Waals surface area contributed by atoms with Gasteiger partial charge in [0, 0.05) is 31.0 Å². The van der Waals surface area contributed by atoms with Crippen LogP contribution in [0.3, 0.4) is 0 Å². The normalized spacial score (nSPS) is 11.6. The number of halogens is 2. The lowest BCUT2D eigenvalue weighted by Gasteiger charge is -2.16. The van der Waals surface area contributed by atoms with Crippen LogP contribution in [0.15, 0.2) is 58.8 Å². The Bertz CT molecular complexity index is 1130. The Balaban J connectivity index is 1.52. The predicted octanol–water partition coefficient (Wildman–Crippen LogP) is 4.13. The number of hydrogen-bond donors (Lipinski definition) is 1. The number of rotatable bonds is 8. The van der Waals surface area contributed by atoms with Crippen LogP contribution in [0.25, 0.3) is 11.3 Å². The van der Waals surface area contributed by atoms with Crippen LogP contribution in [0.2, 0.25) is 0 Å². The molecule has 6 nitrogen and oxygen atoms in total. The maximum atomic E-state index is 13.8. The second-order valence-electron chi connectivity index (χ2n) is 6.45. The molecule has 0 bridgehead atoms. The summed E-state index contributed by atoms with van der Waals surface area (Å²) >= 11 is 1.18. The van der Waals surface area contributed by atoms with Crippen molar-refractivity contribution in [2.24, 2.45) is 0 Å². The third kappa shape index (κ3) is 5.26. The largest absolute Gasteiger partial charge is 0.302 e. The fourth-order valence-electron chi connectivity index (χ4n) is 2.67. The Morgan fingerprint density at radius 3 is 2.53 bits per heavy atom. The number of nitrogens with zero attached hydrogens (tertiary/aromatic N) is 2. The molecule has 0 spiro atoms. The molecule has 0 aliphatic heterocycles. The van der Waals surface area contributed by atoms with Gasteiger partial charge in [-0.2, -0.15) is 0 Å². The molecular weight excluding hydrogens is 432 g/mol. The summed E-state index contributed by atoms with van der Waals surface area (Å²) in [6.07, 6.45) is 0.367. The molecule has 0 unspecified atom stereocenters. The van der Waals surface area contributed by atoms with E-state index in [4.69, 9.17) is 0 Å². The molecule has 30 heavy (non-hydrogen) atoms. The Morgan fingerprint density at radius 2 is 1.83 bits per heavy atom. The van der Waals surface area contributed by atoms with Crippen LogP contribution >= 0.6 is 11.3 Å². The van der Waals surface area contributed by atoms with Gasteiger partial charge in [0.2, 0.25) is 15.9 Å². The quantitative estimate of drug-likeness (QED) is 0.559. The van der Waals surface area contributed by atoms with Gasteiger partial charge in [0.1, 0.15) is 11.6 Å². The fourth-order valence-corrected chi connectivity index (χ4v) is 4.61. The topological polar surface area (TPSA) is 79.4 Å². The predicted molar refractivity (Wildman–Crippen MR) is 112 cm³/mol. The molecule has 0 fully saturated rings. The SMILES string of the molecule is CN(CCCC(=O)Nc1nc(-c2ccccc2F)cs1)S(=O)(=O)c1ccc(F)cc1. The molecule has 0 aliphatic carbocycles. The van der Waals surface area contributed by atoms with Gasteiger partial charge in [-0.1, -0.05) is 12.1 Å². The fraction of sp³-hybridized carbons (Fsp3) is 0.200. The molecular formula is C20H19F2N3O3S2. The van der Waals surface area contributed by atoms with Crippen molar-refractivity contribution in [3.8, 4) is 11.3 Å². The van der Waals surface area contributed by atoms with Gasteiger partial charge in [-0.25, -0.2) is 26.5 Å². The average Bonchev–Trinajstić information content (AvgIpc) is 3.16. The van der Waals surface area contributed by atoms with E-state index in [2.05, 4.69) is 10.3 Å². The van der Waals surface area contributed by atoms with Crippen molar-refractivity contribution < 1.29 is 22.0 Å². The number of thiazole rings is 1. The van der Waals surface area contributed by atoms with Gasteiger partial charge in [-0.05, 0) is 42.8 Å². The summed E-state index contributed by atoms with van der Waals surface area (Å²) in [6, 6.07) is 10.8. The van der Waals surface area contributed by atoms with Gasteiger partial charge in [0.15, 0.2) is 5.13 Å². The number of nitrogens with one attached hydrogen (secondary N) is 1. The summed E-state index contributed by atoms with van der Waals surface area (Å²) in [6.45, 7) is 0.117. The van der Waals surface area contributed by atoms with Crippen LogP contribution in [-0.4, -0.2) is 37.2 Å². The van der Waals surface area contributed by atoms with Crippen molar-refractivity contribution in [2.75, 3.05) is 18.9 Å². The van der Waals surface area contributed by atoms with Gasteiger partial charge in [0.05, 0.1) is 10.6 Å². The number of benzene rings is 2. The number of carbonyl (C=O) groups is 1. The molecule has 158 valence electrons. The second-order valence-corrected chi connectivity index (χ2v) is 9.35. The molecule has 1 amide bonds. The van der Waals surface area contributed by atoms with Gasteiger partial charge in [-0.3, -0.25) is 4.79 Å². The summed E-state index contributed by atoms with van der Waals surface area (Å²) in [5.74, 6) is -1.24. The Morgan fingerprint density at radius 1 is 1.13 bits per heavy atom. The van der Waals surface area contributed by atoms with Crippen molar-refractivity contribution in [3.05, 3.63) is 65.5 Å². The smallest absolute Gasteiger partial charge is 0.242 e. The molecule has 0 aliphatic rings. The third-order valence-corrected chi connectivity index (χ3v) is 6.93. The molecule has 3 rings (SSSR count). The van der Waals surface area contributed by atoms with Crippen molar-refractivity contribution in [1.82, 2.24) is 9.29 Å². The first-order chi connectivity index (χ1) is 14.3. The van der Waals surface area contributed by atoms with Crippen molar-refractivity contribution in [1.29, 1.82) is 0 Å². The zero-order chi connectivity index (χ0) is 21.7. The van der Waals surface area contributed by atoms with Gasteiger partial charge in [0.25, 0.3) is 0 Å². The molecule has 0 atom stereocenters. The van der Waals surface area contributed by atoms with Crippen LogP contribution in [0.1, 0.15) is 12.8 Å². The molecule has 3 aromatic rings. The highest BCUT2D eigenvalue weighted by molar-refractivity contribution is 7.89. The highest BCUT2D eigenvalue weighted by atomic mass is 32.2. The van der Waals surface area contributed by atoms with Crippen molar-refractivity contribution in [2.45, 2.75) is 17.7 Å². The lowest BCUT2D eigenvalue weighted by Crippen LogP contribution is -2.28. The number of sulfonamides is 1. The minimum Gasteiger partial charge on any atom is -0.302 e.